The zero-order valence-electron chi connectivity index (χ0n) is 11.1. The topological polar surface area (TPSA) is 75.3 Å². The average molecular weight is 361 g/mol. The number of amides is 1. The molecular formula is C13H17BrN2O3S. The number of anilines is 1. The van der Waals surface area contributed by atoms with E-state index in [1.165, 1.54) is 0 Å². The first kappa shape index (κ1) is 15.3. The maximum Gasteiger partial charge on any atom is 0.239 e. The molecule has 2 rings (SSSR count). The minimum absolute atomic E-state index is 0.0179. The van der Waals surface area contributed by atoms with Crippen LogP contribution < -0.4 is 10.6 Å². The summed E-state index contributed by atoms with van der Waals surface area (Å²) < 4.78 is 23.9. The van der Waals surface area contributed by atoms with E-state index in [4.69, 9.17) is 0 Å². The standard InChI is InChI=1S/C13H17BrN2O3S/c1-13(6-7-20(18,19)9-13)16-12(17)8-15-11-4-2-10(14)3-5-11/h2-5,15H,6-9H2,1H3,(H,16,17)/t13-/m0/s1. The predicted molar refractivity (Wildman–Crippen MR) is 82.5 cm³/mol. The second-order valence-corrected chi connectivity index (χ2v) is 8.41. The quantitative estimate of drug-likeness (QED) is 0.854. The van der Waals surface area contributed by atoms with Crippen molar-refractivity contribution in [2.24, 2.45) is 0 Å². The number of nitrogens with one attached hydrogen (secondary N) is 2. The molecule has 0 spiro atoms. The van der Waals surface area contributed by atoms with E-state index >= 15 is 0 Å². The van der Waals surface area contributed by atoms with Crippen LogP contribution >= 0.6 is 15.9 Å². The number of hydrogen-bond acceptors (Lipinski definition) is 4. The first-order valence-electron chi connectivity index (χ1n) is 6.29. The highest BCUT2D eigenvalue weighted by molar-refractivity contribution is 9.10. The molecule has 1 aliphatic heterocycles. The lowest BCUT2D eigenvalue weighted by molar-refractivity contribution is -0.120. The van der Waals surface area contributed by atoms with Gasteiger partial charge in [0.25, 0.3) is 0 Å². The van der Waals surface area contributed by atoms with Gasteiger partial charge in [-0.15, -0.1) is 0 Å². The molecule has 0 aliphatic carbocycles. The molecule has 7 heteroatoms. The Morgan fingerprint density at radius 1 is 1.35 bits per heavy atom. The molecule has 1 fully saturated rings. The first-order chi connectivity index (χ1) is 9.28. The van der Waals surface area contributed by atoms with Crippen LogP contribution in [-0.2, 0) is 14.6 Å². The van der Waals surface area contributed by atoms with Crippen LogP contribution in [0.2, 0.25) is 0 Å². The van der Waals surface area contributed by atoms with Crippen molar-refractivity contribution in [1.29, 1.82) is 0 Å². The maximum atomic E-state index is 11.9. The third kappa shape index (κ3) is 4.21. The number of rotatable bonds is 4. The van der Waals surface area contributed by atoms with E-state index in [0.717, 1.165) is 10.2 Å². The van der Waals surface area contributed by atoms with Crippen molar-refractivity contribution in [2.45, 2.75) is 18.9 Å². The molecule has 1 atom stereocenters. The average Bonchev–Trinajstić information content (AvgIpc) is 2.62. The van der Waals surface area contributed by atoms with Crippen molar-refractivity contribution in [3.05, 3.63) is 28.7 Å². The van der Waals surface area contributed by atoms with E-state index in [0.29, 0.717) is 6.42 Å². The highest BCUT2D eigenvalue weighted by Crippen LogP contribution is 2.22. The van der Waals surface area contributed by atoms with Gasteiger partial charge in [0, 0.05) is 10.2 Å². The van der Waals surface area contributed by atoms with Gasteiger partial charge in [-0.1, -0.05) is 15.9 Å². The van der Waals surface area contributed by atoms with Gasteiger partial charge in [-0.2, -0.15) is 0 Å². The molecule has 0 unspecified atom stereocenters. The van der Waals surface area contributed by atoms with E-state index in [1.54, 1.807) is 6.92 Å². The van der Waals surface area contributed by atoms with Crippen LogP contribution in [0.3, 0.4) is 0 Å². The van der Waals surface area contributed by atoms with E-state index in [1.807, 2.05) is 24.3 Å². The summed E-state index contributed by atoms with van der Waals surface area (Å²) in [6.07, 6.45) is 0.472. The Morgan fingerprint density at radius 3 is 2.55 bits per heavy atom. The van der Waals surface area contributed by atoms with Crippen molar-refractivity contribution in [3.63, 3.8) is 0 Å². The van der Waals surface area contributed by atoms with Crippen LogP contribution in [0.5, 0.6) is 0 Å². The molecule has 110 valence electrons. The van der Waals surface area contributed by atoms with Crippen LogP contribution in [0.4, 0.5) is 5.69 Å². The maximum absolute atomic E-state index is 11.9. The van der Waals surface area contributed by atoms with Crippen molar-refractivity contribution >= 4 is 37.4 Å². The van der Waals surface area contributed by atoms with E-state index in [2.05, 4.69) is 26.6 Å². The molecule has 1 aromatic rings. The number of hydrogen-bond donors (Lipinski definition) is 2. The Balaban J connectivity index is 1.85. The zero-order chi connectivity index (χ0) is 14.8. The Hall–Kier alpha value is -1.08. The second kappa shape index (κ2) is 5.73. The molecule has 1 heterocycles. The van der Waals surface area contributed by atoms with Crippen LogP contribution in [0.25, 0.3) is 0 Å². The molecule has 1 amide bonds. The van der Waals surface area contributed by atoms with Crippen molar-refractivity contribution in [2.75, 3.05) is 23.4 Å². The Labute approximate surface area is 127 Å². The van der Waals surface area contributed by atoms with Crippen molar-refractivity contribution in [3.8, 4) is 0 Å². The van der Waals surface area contributed by atoms with E-state index in [-0.39, 0.29) is 24.0 Å². The molecule has 5 nitrogen and oxygen atoms in total. The number of sulfone groups is 1. The van der Waals surface area contributed by atoms with Gasteiger partial charge in [-0.25, -0.2) is 8.42 Å². The van der Waals surface area contributed by atoms with Crippen LogP contribution in [0, 0.1) is 0 Å². The summed E-state index contributed by atoms with van der Waals surface area (Å²) in [5, 5.41) is 5.80. The van der Waals surface area contributed by atoms with Crippen molar-refractivity contribution < 1.29 is 13.2 Å². The Morgan fingerprint density at radius 2 is 2.00 bits per heavy atom. The SMILES string of the molecule is C[C@]1(NC(=O)CNc2ccc(Br)cc2)CCS(=O)(=O)C1. The zero-order valence-corrected chi connectivity index (χ0v) is 13.6. The molecule has 1 aromatic carbocycles. The van der Waals surface area contributed by atoms with Gasteiger partial charge >= 0.3 is 0 Å². The highest BCUT2D eigenvalue weighted by Gasteiger charge is 2.39. The molecule has 2 N–H and O–H groups in total. The third-order valence-corrected chi connectivity index (χ3v) is 5.67. The van der Waals surface area contributed by atoms with E-state index < -0.39 is 15.4 Å². The van der Waals surface area contributed by atoms with Crippen LogP contribution in [0.15, 0.2) is 28.7 Å². The van der Waals surface area contributed by atoms with Gasteiger partial charge in [0.2, 0.25) is 5.91 Å². The van der Waals surface area contributed by atoms with Gasteiger partial charge in [0.15, 0.2) is 9.84 Å². The summed E-state index contributed by atoms with van der Waals surface area (Å²) in [6.45, 7) is 1.90. The lowest BCUT2D eigenvalue weighted by Gasteiger charge is -2.24. The summed E-state index contributed by atoms with van der Waals surface area (Å²) >= 11 is 3.34. The monoisotopic (exact) mass is 360 g/mol. The first-order valence-corrected chi connectivity index (χ1v) is 8.90. The summed E-state index contributed by atoms with van der Waals surface area (Å²) in [7, 11) is -3.01. The highest BCUT2D eigenvalue weighted by atomic mass is 79.9. The fourth-order valence-electron chi connectivity index (χ4n) is 2.24. The third-order valence-electron chi connectivity index (χ3n) is 3.24. The minimum atomic E-state index is -3.01. The summed E-state index contributed by atoms with van der Waals surface area (Å²) in [5.74, 6) is -0.0407. The van der Waals surface area contributed by atoms with E-state index in [9.17, 15) is 13.2 Å². The predicted octanol–water partition coefficient (Wildman–Crippen LogP) is 1.55. The summed E-state index contributed by atoms with van der Waals surface area (Å²) in [6, 6.07) is 7.48. The minimum Gasteiger partial charge on any atom is -0.376 e. The summed E-state index contributed by atoms with van der Waals surface area (Å²) in [5.41, 5.74) is 0.199. The smallest absolute Gasteiger partial charge is 0.239 e. The van der Waals surface area contributed by atoms with Crippen molar-refractivity contribution in [1.82, 2.24) is 5.32 Å². The second-order valence-electron chi connectivity index (χ2n) is 5.31. The largest absolute Gasteiger partial charge is 0.376 e. The van der Waals surface area contributed by atoms with Gasteiger partial charge in [-0.3, -0.25) is 4.79 Å². The molecule has 1 saturated heterocycles. The number of benzene rings is 1. The van der Waals surface area contributed by atoms with Gasteiger partial charge in [-0.05, 0) is 37.6 Å². The molecule has 1 aliphatic rings. The molecule has 20 heavy (non-hydrogen) atoms. The number of carbonyl (C=O) groups is 1. The molecule has 0 aromatic heterocycles. The van der Waals surface area contributed by atoms with Crippen LogP contribution in [-0.4, -0.2) is 37.9 Å². The number of carbonyl (C=O) groups excluding carboxylic acids is 1. The molecule has 0 saturated carbocycles. The molecule has 0 radical (unpaired) electrons. The molecule has 0 bridgehead atoms. The Kier molecular flexibility index (Phi) is 4.39. The lowest BCUT2D eigenvalue weighted by atomic mass is 10.0. The van der Waals surface area contributed by atoms with Gasteiger partial charge in [0.05, 0.1) is 23.6 Å². The lowest BCUT2D eigenvalue weighted by Crippen LogP contribution is -2.48. The number of halogens is 1. The fraction of sp³-hybridized carbons (Fsp3) is 0.462. The normalized spacial score (nSPS) is 24.3. The molecular weight excluding hydrogens is 344 g/mol. The van der Waals surface area contributed by atoms with Gasteiger partial charge in [0.1, 0.15) is 0 Å². The summed E-state index contributed by atoms with van der Waals surface area (Å²) in [4.78, 5) is 11.9. The van der Waals surface area contributed by atoms with Gasteiger partial charge < -0.3 is 10.6 Å². The fourth-order valence-corrected chi connectivity index (χ4v) is 4.60. The Bertz CT molecular complexity index is 601. The van der Waals surface area contributed by atoms with Crippen LogP contribution in [0.1, 0.15) is 13.3 Å².